The number of para-hydroxylation sites is 1. The molecule has 2 aromatic rings. The maximum absolute atomic E-state index is 12.7. The molecule has 4 nitrogen and oxygen atoms in total. The van der Waals surface area contributed by atoms with Crippen LogP contribution in [0.25, 0.3) is 10.9 Å². The highest BCUT2D eigenvalue weighted by atomic mass is 16.1. The van der Waals surface area contributed by atoms with E-state index in [1.807, 2.05) is 44.2 Å². The lowest BCUT2D eigenvalue weighted by Gasteiger charge is -2.31. The summed E-state index contributed by atoms with van der Waals surface area (Å²) < 4.78 is 0. The van der Waals surface area contributed by atoms with Gasteiger partial charge in [-0.1, -0.05) is 32.0 Å². The zero-order chi connectivity index (χ0) is 16.3. The first-order valence-electron chi connectivity index (χ1n) is 7.73. The molecular formula is C18H25N3O. The maximum atomic E-state index is 12.7. The first kappa shape index (κ1) is 16.4. The van der Waals surface area contributed by atoms with Crippen molar-refractivity contribution in [2.45, 2.75) is 39.7 Å². The zero-order valence-electron chi connectivity index (χ0n) is 13.8. The Bertz CT molecular complexity index is 681. The van der Waals surface area contributed by atoms with E-state index in [1.54, 1.807) is 0 Å². The summed E-state index contributed by atoms with van der Waals surface area (Å²) in [4.78, 5) is 17.2. The number of carbonyl (C=O) groups excluding carboxylic acids is 1. The number of hydrogen-bond donors (Lipinski definition) is 2. The van der Waals surface area contributed by atoms with Crippen LogP contribution >= 0.6 is 0 Å². The molecule has 0 radical (unpaired) electrons. The minimum atomic E-state index is -0.406. The Hall–Kier alpha value is -1.94. The van der Waals surface area contributed by atoms with Gasteiger partial charge < -0.3 is 11.1 Å². The van der Waals surface area contributed by atoms with Crippen LogP contribution in [-0.2, 0) is 0 Å². The van der Waals surface area contributed by atoms with Gasteiger partial charge in [-0.3, -0.25) is 9.78 Å². The Labute approximate surface area is 132 Å². The van der Waals surface area contributed by atoms with Crippen LogP contribution < -0.4 is 11.1 Å². The van der Waals surface area contributed by atoms with Crippen molar-refractivity contribution in [2.75, 3.05) is 6.54 Å². The third-order valence-electron chi connectivity index (χ3n) is 3.83. The van der Waals surface area contributed by atoms with Crippen molar-refractivity contribution in [3.63, 3.8) is 0 Å². The minimum absolute atomic E-state index is 0.114. The summed E-state index contributed by atoms with van der Waals surface area (Å²) in [5, 5.41) is 4.07. The number of hydrogen-bond acceptors (Lipinski definition) is 3. The van der Waals surface area contributed by atoms with Gasteiger partial charge in [-0.25, -0.2) is 0 Å². The fraction of sp³-hybridized carbons (Fsp3) is 0.444. The molecule has 118 valence electrons. The lowest BCUT2D eigenvalue weighted by molar-refractivity contribution is 0.0900. The van der Waals surface area contributed by atoms with Gasteiger partial charge in [0.15, 0.2) is 0 Å². The zero-order valence-corrected chi connectivity index (χ0v) is 13.8. The molecule has 1 unspecified atom stereocenters. The van der Waals surface area contributed by atoms with E-state index < -0.39 is 5.54 Å². The summed E-state index contributed by atoms with van der Waals surface area (Å²) in [5.74, 6) is 0.346. The van der Waals surface area contributed by atoms with Crippen molar-refractivity contribution in [3.05, 3.63) is 41.6 Å². The summed E-state index contributed by atoms with van der Waals surface area (Å²) >= 11 is 0. The minimum Gasteiger partial charge on any atom is -0.346 e. The van der Waals surface area contributed by atoms with Crippen molar-refractivity contribution in [2.24, 2.45) is 11.7 Å². The maximum Gasteiger partial charge on any atom is 0.253 e. The number of amides is 1. The Morgan fingerprint density at radius 3 is 2.68 bits per heavy atom. The van der Waals surface area contributed by atoms with Crippen LogP contribution in [-0.4, -0.2) is 23.0 Å². The lowest BCUT2D eigenvalue weighted by Crippen LogP contribution is -2.52. The van der Waals surface area contributed by atoms with Crippen molar-refractivity contribution in [3.8, 4) is 0 Å². The first-order valence-corrected chi connectivity index (χ1v) is 7.73. The number of carbonyl (C=O) groups is 1. The molecular weight excluding hydrogens is 274 g/mol. The van der Waals surface area contributed by atoms with Crippen molar-refractivity contribution >= 4 is 16.8 Å². The summed E-state index contributed by atoms with van der Waals surface area (Å²) in [6.45, 7) is 8.59. The van der Waals surface area contributed by atoms with E-state index in [0.717, 1.165) is 23.0 Å². The summed E-state index contributed by atoms with van der Waals surface area (Å²) in [6.07, 6.45) is 0.840. The predicted octanol–water partition coefficient (Wildman–Crippen LogP) is 3.04. The molecule has 1 aromatic heterocycles. The quantitative estimate of drug-likeness (QED) is 0.891. The highest BCUT2D eigenvalue weighted by Gasteiger charge is 2.27. The van der Waals surface area contributed by atoms with Gasteiger partial charge in [0.2, 0.25) is 0 Å². The molecule has 0 saturated carbocycles. The number of nitrogens with zero attached hydrogens (tertiary/aromatic N) is 1. The highest BCUT2D eigenvalue weighted by molar-refractivity contribution is 6.05. The van der Waals surface area contributed by atoms with Crippen LogP contribution in [0.1, 0.15) is 43.2 Å². The van der Waals surface area contributed by atoms with E-state index in [1.165, 1.54) is 0 Å². The summed E-state index contributed by atoms with van der Waals surface area (Å²) in [7, 11) is 0. The number of rotatable bonds is 5. The molecule has 0 aliphatic rings. The summed E-state index contributed by atoms with van der Waals surface area (Å²) in [5.41, 5.74) is 7.72. The molecule has 3 N–H and O–H groups in total. The van der Waals surface area contributed by atoms with Crippen LogP contribution in [0.3, 0.4) is 0 Å². The molecule has 1 heterocycles. The van der Waals surface area contributed by atoms with E-state index in [4.69, 9.17) is 5.73 Å². The van der Waals surface area contributed by atoms with Gasteiger partial charge >= 0.3 is 0 Å². The molecule has 1 amide bonds. The molecule has 0 aliphatic heterocycles. The van der Waals surface area contributed by atoms with E-state index >= 15 is 0 Å². The van der Waals surface area contributed by atoms with Crippen molar-refractivity contribution < 1.29 is 4.79 Å². The molecule has 0 saturated heterocycles. The molecule has 1 atom stereocenters. The molecule has 1 aromatic carbocycles. The Balaban J connectivity index is 2.35. The van der Waals surface area contributed by atoms with Gasteiger partial charge in [0.1, 0.15) is 0 Å². The largest absolute Gasteiger partial charge is 0.346 e. The number of fused-ring (bicyclic) bond motifs is 1. The molecule has 0 aliphatic carbocycles. The van der Waals surface area contributed by atoms with Crippen LogP contribution in [0.4, 0.5) is 0 Å². The Morgan fingerprint density at radius 1 is 1.32 bits per heavy atom. The fourth-order valence-electron chi connectivity index (χ4n) is 2.86. The van der Waals surface area contributed by atoms with Crippen LogP contribution in [0.5, 0.6) is 0 Å². The Morgan fingerprint density at radius 2 is 2.05 bits per heavy atom. The molecule has 4 heteroatoms. The van der Waals surface area contributed by atoms with Gasteiger partial charge in [-0.2, -0.15) is 0 Å². The second-order valence-electron chi connectivity index (χ2n) is 6.65. The van der Waals surface area contributed by atoms with Gasteiger partial charge in [-0.05, 0) is 38.3 Å². The van der Waals surface area contributed by atoms with Gasteiger partial charge in [0.05, 0.1) is 11.1 Å². The van der Waals surface area contributed by atoms with E-state index in [0.29, 0.717) is 18.0 Å². The SMILES string of the molecule is Cc1ccc2cccc(C(=O)NC(C)(CN)CC(C)C)c2n1. The normalized spacial score (nSPS) is 14.1. The number of aromatic nitrogens is 1. The van der Waals surface area contributed by atoms with Crippen LogP contribution in [0.15, 0.2) is 30.3 Å². The number of aryl methyl sites for hydroxylation is 1. The first-order chi connectivity index (χ1) is 10.3. The number of nitrogens with two attached hydrogens (primary N) is 1. The Kier molecular flexibility index (Phi) is 4.81. The average Bonchev–Trinajstić information content (AvgIpc) is 2.45. The smallest absolute Gasteiger partial charge is 0.253 e. The van der Waals surface area contributed by atoms with Crippen LogP contribution in [0, 0.1) is 12.8 Å². The average molecular weight is 299 g/mol. The topological polar surface area (TPSA) is 68.0 Å². The predicted molar refractivity (Wildman–Crippen MR) is 90.9 cm³/mol. The number of pyridine rings is 1. The molecule has 0 spiro atoms. The van der Waals surface area contributed by atoms with Crippen molar-refractivity contribution in [1.82, 2.24) is 10.3 Å². The third-order valence-corrected chi connectivity index (χ3v) is 3.83. The van der Waals surface area contributed by atoms with Crippen LogP contribution in [0.2, 0.25) is 0 Å². The molecule has 22 heavy (non-hydrogen) atoms. The molecule has 2 rings (SSSR count). The lowest BCUT2D eigenvalue weighted by atomic mass is 9.90. The second kappa shape index (κ2) is 6.44. The number of nitrogens with one attached hydrogen (secondary N) is 1. The second-order valence-corrected chi connectivity index (χ2v) is 6.65. The fourth-order valence-corrected chi connectivity index (χ4v) is 2.86. The monoisotopic (exact) mass is 299 g/mol. The number of benzene rings is 1. The third kappa shape index (κ3) is 3.63. The van der Waals surface area contributed by atoms with Gasteiger partial charge in [0.25, 0.3) is 5.91 Å². The van der Waals surface area contributed by atoms with E-state index in [-0.39, 0.29) is 5.91 Å². The van der Waals surface area contributed by atoms with E-state index in [9.17, 15) is 4.79 Å². The molecule has 0 bridgehead atoms. The molecule has 0 fully saturated rings. The highest BCUT2D eigenvalue weighted by Crippen LogP contribution is 2.20. The van der Waals surface area contributed by atoms with Gasteiger partial charge in [-0.15, -0.1) is 0 Å². The summed E-state index contributed by atoms with van der Waals surface area (Å²) in [6, 6.07) is 9.61. The standard InChI is InChI=1S/C18H25N3O/c1-12(2)10-18(4,11-19)21-17(22)15-7-5-6-14-9-8-13(3)20-16(14)15/h5-9,12H,10-11,19H2,1-4H3,(H,21,22). The van der Waals surface area contributed by atoms with Crippen molar-refractivity contribution in [1.29, 1.82) is 0 Å². The van der Waals surface area contributed by atoms with E-state index in [2.05, 4.69) is 24.1 Å². The van der Waals surface area contributed by atoms with Gasteiger partial charge in [0, 0.05) is 23.2 Å².